The Morgan fingerprint density at radius 2 is 1.73 bits per heavy atom. The summed E-state index contributed by atoms with van der Waals surface area (Å²) in [5, 5.41) is 26.0. The molecule has 8 aliphatic rings. The molecule has 3 aliphatic heterocycles. The van der Waals surface area contributed by atoms with Gasteiger partial charge in [0.2, 0.25) is 0 Å². The number of benzene rings is 1. The van der Waals surface area contributed by atoms with Gasteiger partial charge in [-0.3, -0.25) is 9.59 Å². The first-order valence-electron chi connectivity index (χ1n) is 28.1. The third-order valence-corrected chi connectivity index (χ3v) is 21.9. The molecule has 3 aromatic rings. The zero-order valence-corrected chi connectivity index (χ0v) is 44.1. The van der Waals surface area contributed by atoms with Crippen LogP contribution in [0.4, 0.5) is 0 Å². The number of nitrogens with zero attached hydrogens (tertiary/aromatic N) is 1. The van der Waals surface area contributed by atoms with Gasteiger partial charge in [-0.15, -0.1) is 0 Å². The van der Waals surface area contributed by atoms with E-state index < -0.39 is 33.9 Å². The van der Waals surface area contributed by atoms with Gasteiger partial charge in [-0.1, -0.05) is 109 Å². The number of nitrogens with one attached hydrogen (secondary N) is 1. The standard InChI is InChI=1S/C62H84N2O6/c1-10-11-12-19-45-55(68)51(37(3)31-48(65)57-58(4,5)70-57)52-44-35-64-46(43(53-47(64)22-26-63-53)33-38-29-36(2)30-40(32-38)39-23-27-69-28-24-39)20-15-18-42-34-50(66)60(7,41-16-13-14-17-41)49-21-25-59(6,62(45,52)9)56(54(44)67)61(42,49)8/h22,26,29-30,32,37,39,41-42,44-45,48-49,54,56-57,63,65,67H,10-14,16-17,19-21,23-25,27-28,31,33-35H2,1-9H3. The Labute approximate surface area is 418 Å². The molecule has 378 valence electrons. The Kier molecular flexibility index (Phi) is 12.3. The van der Waals surface area contributed by atoms with Crippen LogP contribution in [-0.2, 0) is 38.4 Å². The maximum absolute atomic E-state index is 16.0. The zero-order valence-electron chi connectivity index (χ0n) is 44.1. The molecule has 8 nitrogen and oxygen atoms in total. The molecule has 0 amide bonds. The number of Topliss-reactive ketones (excluding diaryl/α,β-unsaturated/α-hetero) is 2. The molecule has 70 heavy (non-hydrogen) atoms. The molecule has 0 radical (unpaired) electrons. The monoisotopic (exact) mass is 953 g/mol. The predicted octanol–water partition coefficient (Wildman–Crippen LogP) is 11.8. The third-order valence-electron chi connectivity index (χ3n) is 21.9. The van der Waals surface area contributed by atoms with Gasteiger partial charge in [0.25, 0.3) is 0 Å². The number of allylic oxidation sites excluding steroid dienone is 1. The number of ketones is 2. The van der Waals surface area contributed by atoms with E-state index in [0.717, 1.165) is 112 Å². The third kappa shape index (κ3) is 7.17. The predicted molar refractivity (Wildman–Crippen MR) is 276 cm³/mol. The van der Waals surface area contributed by atoms with Crippen LogP contribution in [0.2, 0.25) is 0 Å². The maximum Gasteiger partial charge on any atom is 0.163 e. The Morgan fingerprint density at radius 1 is 0.986 bits per heavy atom. The number of aliphatic hydroxyl groups excluding tert-OH is 2. The Balaban J connectivity index is 1.12. The van der Waals surface area contributed by atoms with Crippen LogP contribution in [0, 0.1) is 81.8 Å². The molecule has 6 fully saturated rings. The van der Waals surface area contributed by atoms with Crippen molar-refractivity contribution in [3.8, 4) is 11.8 Å². The van der Waals surface area contributed by atoms with E-state index in [1.54, 1.807) is 0 Å². The summed E-state index contributed by atoms with van der Waals surface area (Å²) in [6, 6.07) is 9.35. The fourth-order valence-electron chi connectivity index (χ4n) is 18.3. The van der Waals surface area contributed by atoms with Gasteiger partial charge in [-0.25, -0.2) is 0 Å². The average molecular weight is 953 g/mol. The first kappa shape index (κ1) is 48.8. The summed E-state index contributed by atoms with van der Waals surface area (Å²) < 4.78 is 14.3. The van der Waals surface area contributed by atoms with Crippen molar-refractivity contribution in [2.45, 2.75) is 201 Å². The van der Waals surface area contributed by atoms with E-state index in [9.17, 15) is 10.2 Å². The Bertz CT molecular complexity index is 2650. The summed E-state index contributed by atoms with van der Waals surface area (Å²) in [7, 11) is 0. The number of aromatic amines is 1. The molecule has 8 heteroatoms. The van der Waals surface area contributed by atoms with E-state index in [0.29, 0.717) is 43.4 Å². The molecule has 13 unspecified atom stereocenters. The van der Waals surface area contributed by atoms with Gasteiger partial charge in [-0.2, -0.15) is 0 Å². The maximum atomic E-state index is 16.0. The number of carbonyl (C=O) groups excluding carboxylic acids is 2. The molecule has 2 saturated heterocycles. The number of epoxide rings is 1. The van der Waals surface area contributed by atoms with Crippen LogP contribution in [-0.4, -0.2) is 68.5 Å². The number of ether oxygens (including phenoxy) is 2. The number of carbonyl (C=O) groups is 2. The van der Waals surface area contributed by atoms with Gasteiger partial charge in [0.1, 0.15) is 11.9 Å². The van der Waals surface area contributed by atoms with E-state index in [1.807, 2.05) is 13.8 Å². The van der Waals surface area contributed by atoms with Crippen molar-refractivity contribution in [3.05, 3.63) is 69.6 Å². The quantitative estimate of drug-likeness (QED) is 0.0946. The minimum atomic E-state index is -0.782. The molecule has 3 N–H and O–H groups in total. The average Bonchev–Trinajstić information content (AvgIpc) is 3.85. The number of fused-ring (bicyclic) bond motifs is 7. The van der Waals surface area contributed by atoms with Crippen molar-refractivity contribution in [2.75, 3.05) is 13.2 Å². The smallest absolute Gasteiger partial charge is 0.163 e. The minimum Gasteiger partial charge on any atom is -0.392 e. The second kappa shape index (κ2) is 17.6. The van der Waals surface area contributed by atoms with Crippen molar-refractivity contribution in [3.63, 3.8) is 0 Å². The van der Waals surface area contributed by atoms with Crippen LogP contribution in [0.5, 0.6) is 0 Å². The largest absolute Gasteiger partial charge is 0.392 e. The number of hydrogen-bond acceptors (Lipinski definition) is 6. The van der Waals surface area contributed by atoms with Gasteiger partial charge >= 0.3 is 0 Å². The van der Waals surface area contributed by atoms with E-state index in [-0.39, 0.29) is 53.0 Å². The summed E-state index contributed by atoms with van der Waals surface area (Å²) in [6.07, 6.45) is 14.7. The summed E-state index contributed by atoms with van der Waals surface area (Å²) >= 11 is 0. The lowest BCUT2D eigenvalue weighted by Gasteiger charge is -2.72. The second-order valence-electron chi connectivity index (χ2n) is 25.8. The molecule has 2 bridgehead atoms. The molecule has 1 aromatic carbocycles. The fourth-order valence-corrected chi connectivity index (χ4v) is 18.3. The zero-order chi connectivity index (χ0) is 49.3. The second-order valence-corrected chi connectivity index (χ2v) is 25.8. The normalized spacial score (nSPS) is 38.0. The fraction of sp³-hybridized carbons (Fsp3) is 0.710. The van der Waals surface area contributed by atoms with Crippen molar-refractivity contribution in [1.82, 2.24) is 9.55 Å². The molecule has 5 aliphatic carbocycles. The molecule has 0 spiro atoms. The number of hydrogen-bond donors (Lipinski definition) is 3. The summed E-state index contributed by atoms with van der Waals surface area (Å²) in [5.74, 6) is 8.09. The molecule has 5 heterocycles. The van der Waals surface area contributed by atoms with Crippen LogP contribution in [0.1, 0.15) is 179 Å². The van der Waals surface area contributed by atoms with Gasteiger partial charge in [0.15, 0.2) is 5.78 Å². The first-order valence-corrected chi connectivity index (χ1v) is 28.1. The minimum absolute atomic E-state index is 0.0788. The molecule has 13 atom stereocenters. The molecule has 11 rings (SSSR count). The lowest BCUT2D eigenvalue weighted by Crippen LogP contribution is -2.71. The van der Waals surface area contributed by atoms with Crippen LogP contribution >= 0.6 is 0 Å². The highest BCUT2D eigenvalue weighted by Crippen LogP contribution is 2.78. The number of aliphatic hydroxyl groups is 2. The van der Waals surface area contributed by atoms with Crippen LogP contribution < -0.4 is 0 Å². The lowest BCUT2D eigenvalue weighted by atomic mass is 9.31. The van der Waals surface area contributed by atoms with Gasteiger partial charge in [-0.05, 0) is 141 Å². The van der Waals surface area contributed by atoms with Crippen molar-refractivity contribution in [2.24, 2.45) is 63.1 Å². The number of H-pyrrole nitrogens is 1. The Hall–Kier alpha value is -3.48. The molecule has 2 aromatic heterocycles. The summed E-state index contributed by atoms with van der Waals surface area (Å²) in [6.45, 7) is 22.6. The number of unbranched alkanes of at least 4 members (excludes halogenated alkanes) is 2. The molecular weight excluding hydrogens is 869 g/mol. The summed E-state index contributed by atoms with van der Waals surface area (Å²) in [5.41, 5.74) is 8.26. The summed E-state index contributed by atoms with van der Waals surface area (Å²) in [4.78, 5) is 34.9. The molecular formula is C62H84N2O6. The van der Waals surface area contributed by atoms with Crippen molar-refractivity contribution >= 4 is 22.6 Å². The highest BCUT2D eigenvalue weighted by molar-refractivity contribution is 6.03. The van der Waals surface area contributed by atoms with Crippen molar-refractivity contribution < 1.29 is 29.3 Å². The topological polar surface area (TPSA) is 117 Å². The number of aromatic nitrogens is 2. The van der Waals surface area contributed by atoms with E-state index in [2.05, 4.69) is 100 Å². The lowest BCUT2D eigenvalue weighted by molar-refractivity contribution is -0.242. The van der Waals surface area contributed by atoms with Crippen LogP contribution in [0.25, 0.3) is 11.0 Å². The van der Waals surface area contributed by atoms with Crippen molar-refractivity contribution in [1.29, 1.82) is 0 Å². The number of aryl methyl sites for hydroxylation is 1. The van der Waals surface area contributed by atoms with Gasteiger partial charge in [0, 0.05) is 85.1 Å². The number of rotatable bonds is 12. The molecule has 4 saturated carbocycles. The van der Waals surface area contributed by atoms with E-state index in [1.165, 1.54) is 35.1 Å². The highest BCUT2D eigenvalue weighted by atomic mass is 16.6. The SMILES string of the molecule is CCCCCC1C(=O)C(C(C)CC(O)C2OC2(C)C)=C2C3Cn4c(c(Cc5cc(C)cc(C6CCOCC6)c5)c5[nH]ccc54)CC#CC4CC(=O)C(C)(C5CCCC5)C5CCC(C)(C(C3O)C45C)C21C. The highest BCUT2D eigenvalue weighted by Gasteiger charge is 2.76. The van der Waals surface area contributed by atoms with E-state index in [4.69, 9.17) is 9.47 Å². The van der Waals surface area contributed by atoms with Crippen LogP contribution in [0.15, 0.2) is 41.6 Å². The first-order chi connectivity index (χ1) is 33.4. The van der Waals surface area contributed by atoms with Gasteiger partial charge < -0.3 is 29.2 Å². The Morgan fingerprint density at radius 3 is 2.44 bits per heavy atom. The van der Waals surface area contributed by atoms with Gasteiger partial charge in [0.05, 0.1) is 28.8 Å². The van der Waals surface area contributed by atoms with E-state index >= 15 is 9.59 Å². The van der Waals surface area contributed by atoms with Crippen LogP contribution in [0.3, 0.4) is 0 Å².